The largest absolute Gasteiger partial charge is 0.393 e. The number of aliphatic hydroxyl groups is 1. The lowest BCUT2D eigenvalue weighted by molar-refractivity contribution is -0.136. The molecule has 1 aromatic rings. The molecule has 1 aromatic carbocycles. The van der Waals surface area contributed by atoms with Crippen molar-refractivity contribution < 1.29 is 9.90 Å². The summed E-state index contributed by atoms with van der Waals surface area (Å²) in [6.45, 7) is 10.0. The van der Waals surface area contributed by atoms with E-state index in [2.05, 4.69) is 45.0 Å². The van der Waals surface area contributed by atoms with E-state index in [0.29, 0.717) is 6.54 Å². The van der Waals surface area contributed by atoms with Crippen LogP contribution in [0.5, 0.6) is 0 Å². The van der Waals surface area contributed by atoms with Crippen molar-refractivity contribution in [2.24, 2.45) is 5.92 Å². The van der Waals surface area contributed by atoms with Crippen molar-refractivity contribution in [2.45, 2.75) is 70.3 Å². The third-order valence-corrected chi connectivity index (χ3v) is 5.89. The number of amides is 1. The Bertz CT molecular complexity index is 593. The van der Waals surface area contributed by atoms with Crippen molar-refractivity contribution in [1.29, 1.82) is 0 Å². The van der Waals surface area contributed by atoms with E-state index in [9.17, 15) is 9.90 Å². The highest BCUT2D eigenvalue weighted by Crippen LogP contribution is 2.50. The summed E-state index contributed by atoms with van der Waals surface area (Å²) < 4.78 is 0. The van der Waals surface area contributed by atoms with Gasteiger partial charge in [0.25, 0.3) is 0 Å². The van der Waals surface area contributed by atoms with Crippen LogP contribution in [0.25, 0.3) is 0 Å². The first-order chi connectivity index (χ1) is 11.2. The van der Waals surface area contributed by atoms with E-state index in [0.717, 1.165) is 32.2 Å². The second-order valence-corrected chi connectivity index (χ2v) is 8.80. The van der Waals surface area contributed by atoms with Gasteiger partial charge in [-0.1, -0.05) is 45.0 Å². The smallest absolute Gasteiger partial charge is 0.233 e. The van der Waals surface area contributed by atoms with Crippen LogP contribution in [0.4, 0.5) is 0 Å². The molecule has 2 aliphatic rings. The molecule has 3 rings (SSSR count). The van der Waals surface area contributed by atoms with Gasteiger partial charge in [0, 0.05) is 19.0 Å². The summed E-state index contributed by atoms with van der Waals surface area (Å²) in [4.78, 5) is 15.2. The Morgan fingerprint density at radius 2 is 1.88 bits per heavy atom. The van der Waals surface area contributed by atoms with E-state index in [1.165, 1.54) is 11.1 Å². The van der Waals surface area contributed by atoms with Crippen molar-refractivity contribution in [3.05, 3.63) is 35.4 Å². The van der Waals surface area contributed by atoms with Crippen LogP contribution in [0, 0.1) is 5.92 Å². The van der Waals surface area contributed by atoms with Crippen LogP contribution in [0.2, 0.25) is 0 Å². The van der Waals surface area contributed by atoms with Gasteiger partial charge in [0.05, 0.1) is 11.5 Å². The second kappa shape index (κ2) is 6.18. The topological polar surface area (TPSA) is 40.5 Å². The van der Waals surface area contributed by atoms with Crippen LogP contribution in [-0.2, 0) is 15.6 Å². The Morgan fingerprint density at radius 3 is 2.38 bits per heavy atom. The number of carbonyl (C=O) groups excluding carboxylic acids is 1. The molecule has 1 saturated carbocycles. The van der Waals surface area contributed by atoms with Crippen molar-refractivity contribution in [3.63, 3.8) is 0 Å². The highest BCUT2D eigenvalue weighted by molar-refractivity contribution is 5.91. The number of carbonyl (C=O) groups is 1. The Kier molecular flexibility index (Phi) is 4.50. The molecule has 2 unspecified atom stereocenters. The zero-order valence-corrected chi connectivity index (χ0v) is 15.5. The molecule has 1 amide bonds. The molecule has 0 aromatic heterocycles. The second-order valence-electron chi connectivity index (χ2n) is 8.80. The van der Waals surface area contributed by atoms with E-state index in [4.69, 9.17) is 0 Å². The van der Waals surface area contributed by atoms with Gasteiger partial charge in [-0.05, 0) is 49.1 Å². The van der Waals surface area contributed by atoms with Crippen molar-refractivity contribution in [2.75, 3.05) is 13.1 Å². The monoisotopic (exact) mass is 329 g/mol. The predicted molar refractivity (Wildman–Crippen MR) is 97.0 cm³/mol. The minimum atomic E-state index is -0.332. The van der Waals surface area contributed by atoms with Crippen molar-refractivity contribution in [3.8, 4) is 0 Å². The first kappa shape index (κ1) is 17.5. The molecule has 2 fully saturated rings. The van der Waals surface area contributed by atoms with Crippen LogP contribution in [0.3, 0.4) is 0 Å². The molecule has 1 heterocycles. The van der Waals surface area contributed by atoms with Gasteiger partial charge in [-0.25, -0.2) is 0 Å². The van der Waals surface area contributed by atoms with E-state index >= 15 is 0 Å². The summed E-state index contributed by atoms with van der Waals surface area (Å²) in [7, 11) is 0. The molecular weight excluding hydrogens is 298 g/mol. The Labute approximate surface area is 146 Å². The Hall–Kier alpha value is -1.35. The summed E-state index contributed by atoms with van der Waals surface area (Å²) in [5, 5.41) is 9.88. The van der Waals surface area contributed by atoms with Crippen LogP contribution >= 0.6 is 0 Å². The lowest BCUT2D eigenvalue weighted by atomic mass is 9.84. The molecule has 3 nitrogen and oxygen atoms in total. The van der Waals surface area contributed by atoms with E-state index in [1.807, 2.05) is 11.8 Å². The predicted octanol–water partition coefficient (Wildman–Crippen LogP) is 3.64. The molecule has 0 spiro atoms. The molecule has 1 N–H and O–H groups in total. The lowest BCUT2D eigenvalue weighted by Gasteiger charge is -2.36. The van der Waals surface area contributed by atoms with Gasteiger partial charge < -0.3 is 10.0 Å². The highest BCUT2D eigenvalue weighted by atomic mass is 16.3. The highest BCUT2D eigenvalue weighted by Gasteiger charge is 2.53. The van der Waals surface area contributed by atoms with E-state index in [-0.39, 0.29) is 28.8 Å². The number of benzene rings is 1. The maximum atomic E-state index is 13.2. The zero-order chi connectivity index (χ0) is 17.5. The fourth-order valence-corrected chi connectivity index (χ4v) is 3.93. The lowest BCUT2D eigenvalue weighted by Crippen LogP contribution is -2.47. The van der Waals surface area contributed by atoms with Gasteiger partial charge in [0.15, 0.2) is 0 Å². The van der Waals surface area contributed by atoms with Crippen LogP contribution in [0.15, 0.2) is 24.3 Å². The van der Waals surface area contributed by atoms with E-state index in [1.54, 1.807) is 0 Å². The number of aliphatic hydroxyl groups excluding tert-OH is 1. The maximum absolute atomic E-state index is 13.2. The number of hydrogen-bond acceptors (Lipinski definition) is 2. The molecule has 1 saturated heterocycles. The van der Waals surface area contributed by atoms with Gasteiger partial charge in [-0.2, -0.15) is 0 Å². The standard InChI is InChI=1S/C21H31NO2/c1-15(23)16-6-5-13-22(14-16)19(24)21(11-12-21)18-9-7-17(8-10-18)20(2,3)4/h7-10,15-16,23H,5-6,11-14H2,1-4H3. The fraction of sp³-hybridized carbons (Fsp3) is 0.667. The normalized spacial score (nSPS) is 24.5. The van der Waals surface area contributed by atoms with Gasteiger partial charge in [-0.3, -0.25) is 4.79 Å². The molecule has 1 aliphatic carbocycles. The van der Waals surface area contributed by atoms with Gasteiger partial charge in [0.1, 0.15) is 0 Å². The molecule has 3 heteroatoms. The van der Waals surface area contributed by atoms with Gasteiger partial charge in [-0.15, -0.1) is 0 Å². The third-order valence-electron chi connectivity index (χ3n) is 5.89. The molecular formula is C21H31NO2. The van der Waals surface area contributed by atoms with Gasteiger partial charge in [0.2, 0.25) is 5.91 Å². The SMILES string of the molecule is CC(O)C1CCCN(C(=O)C2(c3ccc(C(C)(C)C)cc3)CC2)C1. The number of hydrogen-bond donors (Lipinski definition) is 1. The Balaban J connectivity index is 1.77. The molecule has 24 heavy (non-hydrogen) atoms. The molecule has 2 atom stereocenters. The number of likely N-dealkylation sites (tertiary alicyclic amines) is 1. The maximum Gasteiger partial charge on any atom is 0.233 e. The number of piperidine rings is 1. The third kappa shape index (κ3) is 3.23. The minimum Gasteiger partial charge on any atom is -0.393 e. The van der Waals surface area contributed by atoms with Crippen molar-refractivity contribution in [1.82, 2.24) is 4.90 Å². The molecule has 1 aliphatic heterocycles. The summed E-state index contributed by atoms with van der Waals surface area (Å²) in [5.74, 6) is 0.498. The summed E-state index contributed by atoms with van der Waals surface area (Å²) in [6.07, 6.45) is 3.60. The zero-order valence-electron chi connectivity index (χ0n) is 15.5. The van der Waals surface area contributed by atoms with Crippen LogP contribution in [0.1, 0.15) is 64.5 Å². The summed E-state index contributed by atoms with van der Waals surface area (Å²) >= 11 is 0. The van der Waals surface area contributed by atoms with Crippen LogP contribution < -0.4 is 0 Å². The Morgan fingerprint density at radius 1 is 1.25 bits per heavy atom. The first-order valence-corrected chi connectivity index (χ1v) is 9.32. The minimum absolute atomic E-state index is 0.136. The summed E-state index contributed by atoms with van der Waals surface area (Å²) in [6, 6.07) is 8.66. The quantitative estimate of drug-likeness (QED) is 0.920. The fourth-order valence-electron chi connectivity index (χ4n) is 3.93. The van der Waals surface area contributed by atoms with Crippen LogP contribution in [-0.4, -0.2) is 35.1 Å². The average molecular weight is 329 g/mol. The summed E-state index contributed by atoms with van der Waals surface area (Å²) in [5.41, 5.74) is 2.31. The molecule has 0 radical (unpaired) electrons. The first-order valence-electron chi connectivity index (χ1n) is 9.32. The van der Waals surface area contributed by atoms with Crippen molar-refractivity contribution >= 4 is 5.91 Å². The number of rotatable bonds is 3. The molecule has 0 bridgehead atoms. The number of nitrogens with zero attached hydrogens (tertiary/aromatic N) is 1. The average Bonchev–Trinajstić information content (AvgIpc) is 3.35. The van der Waals surface area contributed by atoms with Gasteiger partial charge >= 0.3 is 0 Å². The van der Waals surface area contributed by atoms with E-state index < -0.39 is 0 Å². The molecule has 132 valence electrons.